The molecule has 0 spiro atoms. The Hall–Kier alpha value is -2.47. The molecule has 0 unspecified atom stereocenters. The van der Waals surface area contributed by atoms with Crippen molar-refractivity contribution < 1.29 is 19.1 Å². The normalized spacial score (nSPS) is 11.5. The van der Waals surface area contributed by atoms with Crippen LogP contribution in [-0.4, -0.2) is 30.8 Å². The highest BCUT2D eigenvalue weighted by Crippen LogP contribution is 2.23. The van der Waals surface area contributed by atoms with Gasteiger partial charge in [0.25, 0.3) is 5.91 Å². The molecule has 2 aromatic rings. The molecule has 6 heteroatoms. The first-order chi connectivity index (χ1) is 12.4. The first-order valence-electron chi connectivity index (χ1n) is 8.23. The second-order valence-corrected chi connectivity index (χ2v) is 6.92. The summed E-state index contributed by atoms with van der Waals surface area (Å²) >= 11 is 1.41. The van der Waals surface area contributed by atoms with E-state index in [1.165, 1.54) is 17.3 Å². The molecule has 2 rings (SSSR count). The van der Waals surface area contributed by atoms with Crippen LogP contribution in [0.1, 0.15) is 18.1 Å². The maximum Gasteiger partial charge on any atom is 0.317 e. The van der Waals surface area contributed by atoms with Gasteiger partial charge in [0.05, 0.1) is 12.9 Å². The lowest BCUT2D eigenvalue weighted by atomic mass is 10.2. The summed E-state index contributed by atoms with van der Waals surface area (Å²) in [5, 5.41) is 2.71. The average Bonchev–Trinajstić information content (AvgIpc) is 2.61. The minimum Gasteiger partial charge on any atom is -0.497 e. The Bertz CT molecular complexity index is 774. The monoisotopic (exact) mass is 373 g/mol. The molecule has 1 amide bonds. The van der Waals surface area contributed by atoms with Crippen molar-refractivity contribution in [1.82, 2.24) is 0 Å². The van der Waals surface area contributed by atoms with Crippen LogP contribution >= 0.6 is 11.8 Å². The molecule has 26 heavy (non-hydrogen) atoms. The molecule has 0 aliphatic carbocycles. The van der Waals surface area contributed by atoms with E-state index in [1.54, 1.807) is 38.3 Å². The fraction of sp³-hybridized carbons (Fsp3) is 0.300. The van der Waals surface area contributed by atoms with Gasteiger partial charge in [0, 0.05) is 10.6 Å². The van der Waals surface area contributed by atoms with E-state index in [1.807, 2.05) is 26.0 Å². The van der Waals surface area contributed by atoms with Gasteiger partial charge in [-0.2, -0.15) is 0 Å². The Labute approximate surface area is 158 Å². The lowest BCUT2D eigenvalue weighted by Crippen LogP contribution is -2.30. The van der Waals surface area contributed by atoms with E-state index in [2.05, 4.69) is 11.4 Å². The SMILES string of the molecule is COc1ccc(NC(=O)[C@H](C)OC(=O)CSc2ccc(C)cc2C)cc1. The average molecular weight is 373 g/mol. The maximum atomic E-state index is 12.1. The van der Waals surface area contributed by atoms with Gasteiger partial charge in [-0.15, -0.1) is 11.8 Å². The van der Waals surface area contributed by atoms with Gasteiger partial charge < -0.3 is 14.8 Å². The van der Waals surface area contributed by atoms with E-state index < -0.39 is 12.1 Å². The predicted molar refractivity (Wildman–Crippen MR) is 104 cm³/mol. The third-order valence-corrected chi connectivity index (χ3v) is 4.86. The van der Waals surface area contributed by atoms with Gasteiger partial charge in [-0.3, -0.25) is 9.59 Å². The number of amides is 1. The molecule has 0 aliphatic heterocycles. The molecule has 0 heterocycles. The minimum absolute atomic E-state index is 0.157. The highest BCUT2D eigenvalue weighted by molar-refractivity contribution is 8.00. The van der Waals surface area contributed by atoms with Crippen LogP contribution in [0.25, 0.3) is 0 Å². The smallest absolute Gasteiger partial charge is 0.317 e. The number of hydrogen-bond acceptors (Lipinski definition) is 5. The zero-order chi connectivity index (χ0) is 19.1. The lowest BCUT2D eigenvalue weighted by Gasteiger charge is -2.14. The number of thioether (sulfide) groups is 1. The van der Waals surface area contributed by atoms with Crippen molar-refractivity contribution in [2.24, 2.45) is 0 Å². The number of esters is 1. The Morgan fingerprint density at radius 1 is 1.12 bits per heavy atom. The maximum absolute atomic E-state index is 12.1. The van der Waals surface area contributed by atoms with Crippen molar-refractivity contribution in [2.45, 2.75) is 31.8 Å². The summed E-state index contributed by atoms with van der Waals surface area (Å²) in [6.07, 6.45) is -0.871. The molecule has 138 valence electrons. The predicted octanol–water partition coefficient (Wildman–Crippen LogP) is 3.97. The van der Waals surface area contributed by atoms with Crippen molar-refractivity contribution in [3.63, 3.8) is 0 Å². The number of carbonyl (C=O) groups excluding carboxylic acids is 2. The van der Waals surface area contributed by atoms with Gasteiger partial charge in [0.1, 0.15) is 5.75 Å². The Balaban J connectivity index is 1.82. The number of carbonyl (C=O) groups is 2. The molecule has 2 aromatic carbocycles. The molecular weight excluding hydrogens is 350 g/mol. The van der Waals surface area contributed by atoms with Crippen LogP contribution in [0.2, 0.25) is 0 Å². The number of methoxy groups -OCH3 is 1. The van der Waals surface area contributed by atoms with Crippen LogP contribution in [0.15, 0.2) is 47.4 Å². The fourth-order valence-corrected chi connectivity index (χ4v) is 3.09. The number of nitrogens with one attached hydrogen (secondary N) is 1. The molecule has 0 aliphatic rings. The molecule has 0 aromatic heterocycles. The number of aryl methyl sites for hydroxylation is 2. The van der Waals surface area contributed by atoms with Crippen molar-refractivity contribution in [3.05, 3.63) is 53.6 Å². The van der Waals surface area contributed by atoms with Crippen molar-refractivity contribution in [1.29, 1.82) is 0 Å². The van der Waals surface area contributed by atoms with E-state index in [9.17, 15) is 9.59 Å². The largest absolute Gasteiger partial charge is 0.497 e. The van der Waals surface area contributed by atoms with Crippen LogP contribution in [-0.2, 0) is 14.3 Å². The minimum atomic E-state index is -0.871. The van der Waals surface area contributed by atoms with Gasteiger partial charge in [-0.25, -0.2) is 0 Å². The second kappa shape index (κ2) is 9.29. The van der Waals surface area contributed by atoms with Crippen LogP contribution in [0.5, 0.6) is 5.75 Å². The quantitative estimate of drug-likeness (QED) is 0.588. The van der Waals surface area contributed by atoms with E-state index in [0.717, 1.165) is 10.5 Å². The number of ether oxygens (including phenoxy) is 2. The molecule has 5 nitrogen and oxygen atoms in total. The zero-order valence-electron chi connectivity index (χ0n) is 15.4. The van der Waals surface area contributed by atoms with E-state index in [-0.39, 0.29) is 11.7 Å². The molecule has 1 atom stereocenters. The molecule has 0 radical (unpaired) electrons. The van der Waals surface area contributed by atoms with Crippen molar-refractivity contribution in [3.8, 4) is 5.75 Å². The third kappa shape index (κ3) is 5.81. The van der Waals surface area contributed by atoms with Crippen LogP contribution in [0, 0.1) is 13.8 Å². The third-order valence-electron chi connectivity index (χ3n) is 3.71. The number of rotatable bonds is 7. The van der Waals surface area contributed by atoms with E-state index in [0.29, 0.717) is 11.4 Å². The summed E-state index contributed by atoms with van der Waals surface area (Å²) in [6, 6.07) is 13.0. The summed E-state index contributed by atoms with van der Waals surface area (Å²) in [5.41, 5.74) is 2.91. The first-order valence-corrected chi connectivity index (χ1v) is 9.22. The summed E-state index contributed by atoms with van der Waals surface area (Å²) < 4.78 is 10.3. The Morgan fingerprint density at radius 2 is 1.81 bits per heavy atom. The lowest BCUT2D eigenvalue weighted by molar-refractivity contribution is -0.150. The van der Waals surface area contributed by atoms with Gasteiger partial charge in [0.2, 0.25) is 0 Å². The standard InChI is InChI=1S/C20H23NO4S/c1-13-5-10-18(14(2)11-13)26-12-19(22)25-15(3)20(23)21-16-6-8-17(24-4)9-7-16/h5-11,15H,12H2,1-4H3,(H,21,23)/t15-/m0/s1. The van der Waals surface area contributed by atoms with Gasteiger partial charge in [0.15, 0.2) is 6.10 Å². The molecule has 1 N–H and O–H groups in total. The highest BCUT2D eigenvalue weighted by atomic mass is 32.2. The molecule has 0 fully saturated rings. The van der Waals surface area contributed by atoms with Gasteiger partial charge in [-0.05, 0) is 56.7 Å². The summed E-state index contributed by atoms with van der Waals surface area (Å²) in [6.45, 7) is 5.59. The number of hydrogen-bond donors (Lipinski definition) is 1. The molecular formula is C20H23NO4S. The van der Waals surface area contributed by atoms with Gasteiger partial charge >= 0.3 is 5.97 Å². The van der Waals surface area contributed by atoms with Crippen LogP contribution < -0.4 is 10.1 Å². The Kier molecular flexibility index (Phi) is 7.09. The van der Waals surface area contributed by atoms with Crippen molar-refractivity contribution >= 4 is 29.3 Å². The summed E-state index contributed by atoms with van der Waals surface area (Å²) in [4.78, 5) is 25.2. The summed E-state index contributed by atoms with van der Waals surface area (Å²) in [7, 11) is 1.57. The topological polar surface area (TPSA) is 64.6 Å². The van der Waals surface area contributed by atoms with Crippen molar-refractivity contribution in [2.75, 3.05) is 18.2 Å². The van der Waals surface area contributed by atoms with Gasteiger partial charge in [-0.1, -0.05) is 17.7 Å². The molecule has 0 saturated heterocycles. The fourth-order valence-electron chi connectivity index (χ4n) is 2.30. The zero-order valence-corrected chi connectivity index (χ0v) is 16.2. The molecule has 0 saturated carbocycles. The number of benzene rings is 2. The number of anilines is 1. The van der Waals surface area contributed by atoms with Crippen LogP contribution in [0.4, 0.5) is 5.69 Å². The first kappa shape index (κ1) is 19.8. The summed E-state index contributed by atoms with van der Waals surface area (Å²) in [5.74, 6) is 0.0580. The second-order valence-electron chi connectivity index (χ2n) is 5.91. The van der Waals surface area contributed by atoms with E-state index >= 15 is 0 Å². The van der Waals surface area contributed by atoms with Crippen LogP contribution in [0.3, 0.4) is 0 Å². The van der Waals surface area contributed by atoms with E-state index in [4.69, 9.17) is 9.47 Å². The highest BCUT2D eigenvalue weighted by Gasteiger charge is 2.18. The Morgan fingerprint density at radius 3 is 2.42 bits per heavy atom. The molecule has 0 bridgehead atoms.